The van der Waals surface area contributed by atoms with Crippen molar-refractivity contribution in [3.8, 4) is 11.5 Å². The van der Waals surface area contributed by atoms with E-state index in [1.165, 1.54) is 17.0 Å². The minimum atomic E-state index is -2.85. The lowest BCUT2D eigenvalue weighted by molar-refractivity contribution is -0.0498. The summed E-state index contributed by atoms with van der Waals surface area (Å²) in [6.45, 7) is -0.509. The molecule has 2 aromatic rings. The fourth-order valence-electron chi connectivity index (χ4n) is 2.64. The number of rotatable bonds is 8. The topological polar surface area (TPSA) is 50.8 Å². The predicted molar refractivity (Wildman–Crippen MR) is 99.1 cm³/mol. The highest BCUT2D eigenvalue weighted by molar-refractivity contribution is 5.74. The molecule has 1 unspecified atom stereocenters. The first kappa shape index (κ1) is 20.5. The standard InChI is InChI=1S/C20H24F2N2O3/c1-4-18(15-7-11-16(26-3)12-8-15)23-20(25)24(2)13-14-5-9-17(10-6-14)27-19(21)22/h5-12,18-19H,4,13H2,1-3H3,(H,23,25). The number of urea groups is 1. The number of nitrogens with zero attached hydrogens (tertiary/aromatic N) is 1. The van der Waals surface area contributed by atoms with Gasteiger partial charge in [-0.15, -0.1) is 0 Å². The molecule has 0 fully saturated rings. The van der Waals surface area contributed by atoms with Crippen molar-refractivity contribution in [1.82, 2.24) is 10.2 Å². The third-order valence-corrected chi connectivity index (χ3v) is 4.14. The van der Waals surface area contributed by atoms with Crippen LogP contribution in [0.2, 0.25) is 0 Å². The van der Waals surface area contributed by atoms with Crippen molar-refractivity contribution in [2.24, 2.45) is 0 Å². The number of amides is 2. The van der Waals surface area contributed by atoms with Crippen molar-refractivity contribution < 1.29 is 23.0 Å². The lowest BCUT2D eigenvalue weighted by Crippen LogP contribution is -2.38. The van der Waals surface area contributed by atoms with E-state index in [-0.39, 0.29) is 17.8 Å². The van der Waals surface area contributed by atoms with Crippen LogP contribution in [0.15, 0.2) is 48.5 Å². The quantitative estimate of drug-likeness (QED) is 0.731. The number of carbonyl (C=O) groups is 1. The molecule has 0 bridgehead atoms. The zero-order valence-electron chi connectivity index (χ0n) is 15.6. The van der Waals surface area contributed by atoms with E-state index in [1.54, 1.807) is 26.3 Å². The van der Waals surface area contributed by atoms with Crippen LogP contribution in [0.5, 0.6) is 11.5 Å². The van der Waals surface area contributed by atoms with Crippen LogP contribution in [-0.2, 0) is 6.54 Å². The Hall–Kier alpha value is -2.83. The van der Waals surface area contributed by atoms with Crippen molar-refractivity contribution in [3.05, 3.63) is 59.7 Å². The maximum atomic E-state index is 12.5. The third-order valence-electron chi connectivity index (χ3n) is 4.14. The summed E-state index contributed by atoms with van der Waals surface area (Å²) < 4.78 is 33.8. The highest BCUT2D eigenvalue weighted by Crippen LogP contribution is 2.21. The second-order valence-corrected chi connectivity index (χ2v) is 6.06. The summed E-state index contributed by atoms with van der Waals surface area (Å²) in [5.41, 5.74) is 1.81. The Labute approximate surface area is 157 Å². The van der Waals surface area contributed by atoms with Crippen molar-refractivity contribution in [2.75, 3.05) is 14.2 Å². The van der Waals surface area contributed by atoms with E-state index >= 15 is 0 Å². The molecule has 2 rings (SSSR count). The van der Waals surface area contributed by atoms with Gasteiger partial charge in [0.2, 0.25) is 0 Å². The Morgan fingerprint density at radius 2 is 1.67 bits per heavy atom. The number of benzene rings is 2. The summed E-state index contributed by atoms with van der Waals surface area (Å²) in [6, 6.07) is 13.5. The molecule has 0 heterocycles. The maximum absolute atomic E-state index is 12.5. The van der Waals surface area contributed by atoms with Gasteiger partial charge in [-0.1, -0.05) is 31.2 Å². The molecule has 5 nitrogen and oxygen atoms in total. The van der Waals surface area contributed by atoms with Crippen molar-refractivity contribution in [2.45, 2.75) is 32.5 Å². The molecule has 1 N–H and O–H groups in total. The Morgan fingerprint density at radius 3 is 2.19 bits per heavy atom. The third kappa shape index (κ3) is 6.13. The fraction of sp³-hybridized carbons (Fsp3) is 0.350. The Balaban J connectivity index is 1.94. The summed E-state index contributed by atoms with van der Waals surface area (Å²) >= 11 is 0. The number of methoxy groups -OCH3 is 1. The average Bonchev–Trinajstić information content (AvgIpc) is 2.67. The SMILES string of the molecule is CCC(NC(=O)N(C)Cc1ccc(OC(F)F)cc1)c1ccc(OC)cc1. The lowest BCUT2D eigenvalue weighted by atomic mass is 10.0. The number of ether oxygens (including phenoxy) is 2. The Morgan fingerprint density at radius 1 is 1.07 bits per heavy atom. The molecule has 2 amide bonds. The highest BCUT2D eigenvalue weighted by atomic mass is 19.3. The molecule has 2 aromatic carbocycles. The Kier molecular flexibility index (Phi) is 7.40. The van der Waals surface area contributed by atoms with Gasteiger partial charge >= 0.3 is 12.6 Å². The van der Waals surface area contributed by atoms with Crippen LogP contribution < -0.4 is 14.8 Å². The van der Waals surface area contributed by atoms with E-state index in [1.807, 2.05) is 31.2 Å². The molecule has 146 valence electrons. The van der Waals surface area contributed by atoms with E-state index in [4.69, 9.17) is 4.74 Å². The highest BCUT2D eigenvalue weighted by Gasteiger charge is 2.16. The first-order valence-electron chi connectivity index (χ1n) is 8.62. The maximum Gasteiger partial charge on any atom is 0.387 e. The number of hydrogen-bond acceptors (Lipinski definition) is 3. The predicted octanol–water partition coefficient (Wildman–Crippen LogP) is 4.59. The van der Waals surface area contributed by atoms with Crippen LogP contribution in [0.25, 0.3) is 0 Å². The van der Waals surface area contributed by atoms with E-state index in [0.29, 0.717) is 6.54 Å². The zero-order chi connectivity index (χ0) is 19.8. The second kappa shape index (κ2) is 9.75. The van der Waals surface area contributed by atoms with Crippen molar-refractivity contribution in [3.63, 3.8) is 0 Å². The van der Waals surface area contributed by atoms with Crippen molar-refractivity contribution >= 4 is 6.03 Å². The van der Waals surface area contributed by atoms with Gasteiger partial charge in [0.05, 0.1) is 13.2 Å². The summed E-state index contributed by atoms with van der Waals surface area (Å²) in [7, 11) is 3.29. The second-order valence-electron chi connectivity index (χ2n) is 6.06. The van der Waals surface area contributed by atoms with Gasteiger partial charge in [-0.3, -0.25) is 0 Å². The molecule has 1 atom stereocenters. The normalized spacial score (nSPS) is 11.8. The van der Waals surface area contributed by atoms with Gasteiger partial charge in [-0.2, -0.15) is 8.78 Å². The zero-order valence-corrected chi connectivity index (χ0v) is 15.6. The lowest BCUT2D eigenvalue weighted by Gasteiger charge is -2.23. The van der Waals surface area contributed by atoms with E-state index in [0.717, 1.165) is 23.3 Å². The molecule has 0 aliphatic carbocycles. The molecule has 0 saturated heterocycles. The number of hydrogen-bond donors (Lipinski definition) is 1. The largest absolute Gasteiger partial charge is 0.497 e. The van der Waals surface area contributed by atoms with E-state index in [9.17, 15) is 13.6 Å². The number of alkyl halides is 2. The molecule has 27 heavy (non-hydrogen) atoms. The summed E-state index contributed by atoms with van der Waals surface area (Å²) in [6.07, 6.45) is 0.742. The van der Waals surface area contributed by atoms with E-state index < -0.39 is 6.61 Å². The van der Waals surface area contributed by atoms with Gasteiger partial charge < -0.3 is 19.7 Å². The molecule has 0 saturated carbocycles. The molecular weight excluding hydrogens is 354 g/mol. The summed E-state index contributed by atoms with van der Waals surface area (Å²) in [5.74, 6) is 0.850. The molecule has 0 aromatic heterocycles. The van der Waals surface area contributed by atoms with Crippen LogP contribution in [0, 0.1) is 0 Å². The molecule has 0 aliphatic heterocycles. The van der Waals surface area contributed by atoms with Gasteiger partial charge in [0.1, 0.15) is 11.5 Å². The monoisotopic (exact) mass is 378 g/mol. The van der Waals surface area contributed by atoms with Gasteiger partial charge in [0.15, 0.2) is 0 Å². The summed E-state index contributed by atoms with van der Waals surface area (Å²) in [4.78, 5) is 14.0. The number of halogens is 2. The summed E-state index contributed by atoms with van der Waals surface area (Å²) in [5, 5.41) is 3.00. The molecular formula is C20H24F2N2O3. The Bertz CT molecular complexity index is 721. The smallest absolute Gasteiger partial charge is 0.387 e. The van der Waals surface area contributed by atoms with Gasteiger partial charge in [0, 0.05) is 13.6 Å². The van der Waals surface area contributed by atoms with Crippen LogP contribution in [0.1, 0.15) is 30.5 Å². The first-order valence-corrected chi connectivity index (χ1v) is 8.62. The first-order chi connectivity index (χ1) is 12.9. The van der Waals surface area contributed by atoms with Gasteiger partial charge in [0.25, 0.3) is 0 Å². The molecule has 0 spiro atoms. The minimum Gasteiger partial charge on any atom is -0.497 e. The number of carbonyl (C=O) groups excluding carboxylic acids is 1. The average molecular weight is 378 g/mol. The van der Waals surface area contributed by atoms with E-state index in [2.05, 4.69) is 10.1 Å². The molecule has 0 radical (unpaired) electrons. The fourth-order valence-corrected chi connectivity index (χ4v) is 2.64. The molecule has 7 heteroatoms. The minimum absolute atomic E-state index is 0.0893. The number of nitrogens with one attached hydrogen (secondary N) is 1. The van der Waals surface area contributed by atoms with Crippen LogP contribution >= 0.6 is 0 Å². The van der Waals surface area contributed by atoms with Gasteiger partial charge in [-0.05, 0) is 41.8 Å². The van der Waals surface area contributed by atoms with Crippen LogP contribution in [0.3, 0.4) is 0 Å². The molecule has 0 aliphatic rings. The van der Waals surface area contributed by atoms with Crippen molar-refractivity contribution in [1.29, 1.82) is 0 Å². The van der Waals surface area contributed by atoms with Gasteiger partial charge in [-0.25, -0.2) is 4.79 Å². The van der Waals surface area contributed by atoms with Crippen LogP contribution in [-0.4, -0.2) is 31.7 Å². The van der Waals surface area contributed by atoms with Crippen LogP contribution in [0.4, 0.5) is 13.6 Å².